The van der Waals surface area contributed by atoms with Gasteiger partial charge in [-0.15, -0.1) is 0 Å². The van der Waals surface area contributed by atoms with E-state index in [1.165, 1.54) is 11.1 Å². The number of hydroxylamine groups is 1. The van der Waals surface area contributed by atoms with E-state index < -0.39 is 0 Å². The van der Waals surface area contributed by atoms with Gasteiger partial charge in [-0.2, -0.15) is 5.48 Å². The molecule has 0 radical (unpaired) electrons. The van der Waals surface area contributed by atoms with Crippen LogP contribution >= 0.6 is 0 Å². The standard InChI is InChI=1S/C16H19NO/c1-13(17-18-2)16(14-9-5-3-6-10-14)15-11-7-4-8-12-15/h3-13,16-17H,1-2H3/t13-/m0/s1. The van der Waals surface area contributed by atoms with E-state index in [1.807, 2.05) is 12.1 Å². The minimum atomic E-state index is 0.208. The number of benzene rings is 2. The normalized spacial score (nSPS) is 12.6. The van der Waals surface area contributed by atoms with Crippen LogP contribution in [0.4, 0.5) is 0 Å². The second-order valence-electron chi connectivity index (χ2n) is 4.41. The Bertz CT molecular complexity index is 416. The quantitative estimate of drug-likeness (QED) is 0.810. The van der Waals surface area contributed by atoms with E-state index in [0.29, 0.717) is 0 Å². The van der Waals surface area contributed by atoms with Crippen LogP contribution in [0.1, 0.15) is 24.0 Å². The van der Waals surface area contributed by atoms with Crippen LogP contribution in [0.5, 0.6) is 0 Å². The Morgan fingerprint density at radius 2 is 1.28 bits per heavy atom. The van der Waals surface area contributed by atoms with Gasteiger partial charge in [0.1, 0.15) is 0 Å². The van der Waals surface area contributed by atoms with Crippen molar-refractivity contribution in [2.45, 2.75) is 18.9 Å². The summed E-state index contributed by atoms with van der Waals surface area (Å²) in [6, 6.07) is 21.2. The van der Waals surface area contributed by atoms with Gasteiger partial charge in [-0.3, -0.25) is 0 Å². The van der Waals surface area contributed by atoms with Crippen LogP contribution in [0.3, 0.4) is 0 Å². The molecule has 0 heterocycles. The fraction of sp³-hybridized carbons (Fsp3) is 0.250. The van der Waals surface area contributed by atoms with Gasteiger partial charge in [0.15, 0.2) is 0 Å². The van der Waals surface area contributed by atoms with E-state index in [0.717, 1.165) is 0 Å². The van der Waals surface area contributed by atoms with Gasteiger partial charge < -0.3 is 4.84 Å². The zero-order valence-corrected chi connectivity index (χ0v) is 10.8. The van der Waals surface area contributed by atoms with Crippen LogP contribution in [0.25, 0.3) is 0 Å². The molecule has 0 saturated carbocycles. The van der Waals surface area contributed by atoms with E-state index in [9.17, 15) is 0 Å². The summed E-state index contributed by atoms with van der Waals surface area (Å²) >= 11 is 0. The molecule has 0 spiro atoms. The predicted octanol–water partition coefficient (Wildman–Crippen LogP) is 3.36. The smallest absolute Gasteiger partial charge is 0.0572 e. The lowest BCUT2D eigenvalue weighted by atomic mass is 9.86. The van der Waals surface area contributed by atoms with E-state index in [1.54, 1.807) is 7.11 Å². The van der Waals surface area contributed by atoms with Crippen molar-refractivity contribution in [3.05, 3.63) is 71.8 Å². The van der Waals surface area contributed by atoms with Gasteiger partial charge in [0.2, 0.25) is 0 Å². The van der Waals surface area contributed by atoms with Gasteiger partial charge in [-0.05, 0) is 18.1 Å². The first-order valence-corrected chi connectivity index (χ1v) is 6.21. The summed E-state index contributed by atoms with van der Waals surface area (Å²) in [5.74, 6) is 0.285. The molecule has 2 heteroatoms. The molecule has 0 aliphatic carbocycles. The topological polar surface area (TPSA) is 21.3 Å². The van der Waals surface area contributed by atoms with Crippen LogP contribution < -0.4 is 5.48 Å². The minimum absolute atomic E-state index is 0.208. The van der Waals surface area contributed by atoms with E-state index in [-0.39, 0.29) is 12.0 Å². The Kier molecular flexibility index (Phi) is 4.51. The second kappa shape index (κ2) is 6.34. The number of rotatable bonds is 5. The van der Waals surface area contributed by atoms with Crippen molar-refractivity contribution in [2.75, 3.05) is 7.11 Å². The van der Waals surface area contributed by atoms with Crippen molar-refractivity contribution in [2.24, 2.45) is 0 Å². The molecule has 0 saturated heterocycles. The maximum Gasteiger partial charge on any atom is 0.0572 e. The van der Waals surface area contributed by atoms with Crippen LogP contribution in [0.15, 0.2) is 60.7 Å². The number of hydrogen-bond donors (Lipinski definition) is 1. The van der Waals surface area contributed by atoms with Crippen LogP contribution in [-0.4, -0.2) is 13.2 Å². The Morgan fingerprint density at radius 1 is 0.833 bits per heavy atom. The fourth-order valence-corrected chi connectivity index (χ4v) is 2.34. The highest BCUT2D eigenvalue weighted by Crippen LogP contribution is 2.27. The third-order valence-corrected chi connectivity index (χ3v) is 3.12. The zero-order valence-electron chi connectivity index (χ0n) is 10.8. The van der Waals surface area contributed by atoms with Gasteiger partial charge in [0.25, 0.3) is 0 Å². The molecule has 0 aliphatic heterocycles. The number of hydrogen-bond acceptors (Lipinski definition) is 2. The van der Waals surface area contributed by atoms with E-state index in [2.05, 4.69) is 60.9 Å². The first-order valence-electron chi connectivity index (χ1n) is 6.21. The van der Waals surface area contributed by atoms with Crippen molar-refractivity contribution in [1.29, 1.82) is 0 Å². The third kappa shape index (κ3) is 2.97. The molecule has 94 valence electrons. The average Bonchev–Trinajstić information content (AvgIpc) is 2.42. The van der Waals surface area contributed by atoms with E-state index >= 15 is 0 Å². The SMILES string of the molecule is CON[C@@H](C)C(c1ccccc1)c1ccccc1. The Hall–Kier alpha value is -1.64. The molecule has 2 nitrogen and oxygen atoms in total. The highest BCUT2D eigenvalue weighted by molar-refractivity contribution is 5.33. The summed E-state index contributed by atoms with van der Waals surface area (Å²) in [6.07, 6.45) is 0. The lowest BCUT2D eigenvalue weighted by Gasteiger charge is -2.25. The summed E-state index contributed by atoms with van der Waals surface area (Å²) in [4.78, 5) is 5.08. The van der Waals surface area contributed by atoms with Crippen molar-refractivity contribution in [3.63, 3.8) is 0 Å². The summed E-state index contributed by atoms with van der Waals surface area (Å²) in [5.41, 5.74) is 5.63. The van der Waals surface area contributed by atoms with Gasteiger partial charge >= 0.3 is 0 Å². The molecule has 0 bridgehead atoms. The maximum absolute atomic E-state index is 5.08. The van der Waals surface area contributed by atoms with Gasteiger partial charge in [-0.25, -0.2) is 0 Å². The Balaban J connectivity index is 2.35. The minimum Gasteiger partial charge on any atom is -0.305 e. The molecular formula is C16H19NO. The summed E-state index contributed by atoms with van der Waals surface area (Å²) in [6.45, 7) is 2.13. The second-order valence-corrected chi connectivity index (χ2v) is 4.41. The van der Waals surface area contributed by atoms with Gasteiger partial charge in [-0.1, -0.05) is 60.7 Å². The first-order chi connectivity index (χ1) is 8.83. The van der Waals surface area contributed by atoms with Crippen molar-refractivity contribution in [1.82, 2.24) is 5.48 Å². The molecule has 2 aromatic carbocycles. The molecule has 18 heavy (non-hydrogen) atoms. The van der Waals surface area contributed by atoms with Crippen molar-refractivity contribution >= 4 is 0 Å². The van der Waals surface area contributed by atoms with Crippen LogP contribution in [0, 0.1) is 0 Å². The summed E-state index contributed by atoms with van der Waals surface area (Å²) < 4.78 is 0. The van der Waals surface area contributed by atoms with Crippen LogP contribution in [0.2, 0.25) is 0 Å². The largest absolute Gasteiger partial charge is 0.305 e. The summed E-state index contributed by atoms with van der Waals surface area (Å²) in [7, 11) is 1.66. The summed E-state index contributed by atoms with van der Waals surface area (Å²) in [5, 5.41) is 0. The first kappa shape index (κ1) is 12.8. The predicted molar refractivity (Wildman–Crippen MR) is 74.3 cm³/mol. The third-order valence-electron chi connectivity index (χ3n) is 3.12. The molecule has 0 fully saturated rings. The van der Waals surface area contributed by atoms with Crippen molar-refractivity contribution in [3.8, 4) is 0 Å². The molecule has 2 rings (SSSR count). The van der Waals surface area contributed by atoms with Crippen LogP contribution in [-0.2, 0) is 4.84 Å². The molecule has 1 N–H and O–H groups in total. The molecule has 0 aliphatic rings. The fourth-order valence-electron chi connectivity index (χ4n) is 2.34. The molecule has 1 atom stereocenters. The molecule has 0 aromatic heterocycles. The zero-order chi connectivity index (χ0) is 12.8. The Morgan fingerprint density at radius 3 is 1.67 bits per heavy atom. The average molecular weight is 241 g/mol. The van der Waals surface area contributed by atoms with Crippen molar-refractivity contribution < 1.29 is 4.84 Å². The lowest BCUT2D eigenvalue weighted by Crippen LogP contribution is -2.32. The maximum atomic E-state index is 5.08. The lowest BCUT2D eigenvalue weighted by molar-refractivity contribution is 0.0613. The highest BCUT2D eigenvalue weighted by atomic mass is 16.6. The van der Waals surface area contributed by atoms with E-state index in [4.69, 9.17) is 4.84 Å². The molecule has 0 amide bonds. The molecule has 2 aromatic rings. The monoisotopic (exact) mass is 241 g/mol. The van der Waals surface area contributed by atoms with Gasteiger partial charge in [0.05, 0.1) is 7.11 Å². The molecule has 0 unspecified atom stereocenters. The highest BCUT2D eigenvalue weighted by Gasteiger charge is 2.20. The van der Waals surface area contributed by atoms with Gasteiger partial charge in [0, 0.05) is 12.0 Å². The Labute approximate surface area is 109 Å². The molecular weight excluding hydrogens is 222 g/mol. The number of nitrogens with one attached hydrogen (secondary N) is 1.